The maximum Gasteiger partial charge on any atom is 0.309 e. The first-order chi connectivity index (χ1) is 13.8. The predicted molar refractivity (Wildman–Crippen MR) is 126 cm³/mol. The molecule has 164 valence electrons. The molecule has 1 fully saturated rings. The van der Waals surface area contributed by atoms with Crippen LogP contribution in [0.5, 0.6) is 0 Å². The van der Waals surface area contributed by atoms with Gasteiger partial charge in [0, 0.05) is 6.42 Å². The average molecular weight is 401 g/mol. The molecule has 0 aliphatic heterocycles. The van der Waals surface area contributed by atoms with Crippen molar-refractivity contribution in [1.29, 1.82) is 0 Å². The Hall–Kier alpha value is -1.57. The van der Waals surface area contributed by atoms with E-state index in [1.165, 1.54) is 28.7 Å². The smallest absolute Gasteiger partial charge is 0.309 e. The standard InChI is InChI=1S/C27H44O2/c1-21(2)12-10-14-23(5)18-19-26(20-24(6)15-11-13-22(3)4)29-27(28)25-16-8-7-9-17-25/h12-13,18,20,25-26H,7-11,14-17,19H2,1-6H3/b23-18+,24-20+. The molecule has 0 N–H and O–H groups in total. The molecule has 0 aromatic rings. The molecule has 0 radical (unpaired) electrons. The van der Waals surface area contributed by atoms with E-state index >= 15 is 0 Å². The molecule has 0 saturated heterocycles. The maximum atomic E-state index is 12.7. The summed E-state index contributed by atoms with van der Waals surface area (Å²) in [6.45, 7) is 12.9. The Morgan fingerprint density at radius 2 is 1.38 bits per heavy atom. The molecule has 0 amide bonds. The van der Waals surface area contributed by atoms with E-state index in [2.05, 4.69) is 65.8 Å². The highest BCUT2D eigenvalue weighted by molar-refractivity contribution is 5.72. The zero-order chi connectivity index (χ0) is 21.6. The molecule has 0 heterocycles. The molecule has 0 aromatic heterocycles. The van der Waals surface area contributed by atoms with Crippen LogP contribution in [0.2, 0.25) is 0 Å². The predicted octanol–water partition coefficient (Wildman–Crippen LogP) is 8.25. The van der Waals surface area contributed by atoms with Crippen molar-refractivity contribution in [3.05, 3.63) is 46.6 Å². The van der Waals surface area contributed by atoms with Gasteiger partial charge in [-0.1, -0.05) is 59.8 Å². The lowest BCUT2D eigenvalue weighted by molar-refractivity contribution is -0.152. The Balaban J connectivity index is 2.73. The number of rotatable bonds is 11. The van der Waals surface area contributed by atoms with Crippen LogP contribution in [-0.2, 0) is 9.53 Å². The van der Waals surface area contributed by atoms with Gasteiger partial charge < -0.3 is 4.74 Å². The highest BCUT2D eigenvalue weighted by Crippen LogP contribution is 2.26. The molecule has 0 bridgehead atoms. The highest BCUT2D eigenvalue weighted by Gasteiger charge is 2.24. The fourth-order valence-electron chi connectivity index (χ4n) is 3.73. The van der Waals surface area contributed by atoms with Gasteiger partial charge in [-0.15, -0.1) is 0 Å². The van der Waals surface area contributed by atoms with E-state index in [4.69, 9.17) is 4.74 Å². The molecule has 0 aromatic carbocycles. The first-order valence-electron chi connectivity index (χ1n) is 11.6. The van der Waals surface area contributed by atoms with Crippen LogP contribution in [0.1, 0.15) is 106 Å². The summed E-state index contributed by atoms with van der Waals surface area (Å²) in [5.41, 5.74) is 5.40. The Bertz CT molecular complexity index is 604. The second kappa shape index (κ2) is 14.4. The number of hydrogen-bond donors (Lipinski definition) is 0. The average Bonchev–Trinajstić information content (AvgIpc) is 2.66. The van der Waals surface area contributed by atoms with E-state index in [0.717, 1.165) is 57.8 Å². The van der Waals surface area contributed by atoms with Gasteiger partial charge >= 0.3 is 5.97 Å². The van der Waals surface area contributed by atoms with Gasteiger partial charge in [0.05, 0.1) is 5.92 Å². The van der Waals surface area contributed by atoms with E-state index in [0.29, 0.717) is 0 Å². The van der Waals surface area contributed by atoms with Crippen molar-refractivity contribution >= 4 is 5.97 Å². The first-order valence-corrected chi connectivity index (χ1v) is 11.6. The fourth-order valence-corrected chi connectivity index (χ4v) is 3.73. The molecule has 1 aliphatic rings. The molecular weight excluding hydrogens is 356 g/mol. The van der Waals surface area contributed by atoms with Gasteiger partial charge in [-0.3, -0.25) is 4.79 Å². The molecule has 1 atom stereocenters. The van der Waals surface area contributed by atoms with Gasteiger partial charge in [-0.2, -0.15) is 0 Å². The molecule has 1 aliphatic carbocycles. The van der Waals surface area contributed by atoms with E-state index in [-0.39, 0.29) is 18.0 Å². The van der Waals surface area contributed by atoms with Crippen LogP contribution in [0.15, 0.2) is 46.6 Å². The van der Waals surface area contributed by atoms with E-state index in [1.807, 2.05) is 0 Å². The summed E-state index contributed by atoms with van der Waals surface area (Å²) in [6.07, 6.45) is 19.4. The van der Waals surface area contributed by atoms with Crippen molar-refractivity contribution in [2.24, 2.45) is 5.92 Å². The monoisotopic (exact) mass is 400 g/mol. The van der Waals surface area contributed by atoms with E-state index in [1.54, 1.807) is 0 Å². The third-order valence-corrected chi connectivity index (χ3v) is 5.56. The lowest BCUT2D eigenvalue weighted by atomic mass is 9.89. The minimum absolute atomic E-state index is 0.0126. The zero-order valence-corrected chi connectivity index (χ0v) is 19.9. The number of hydrogen-bond acceptors (Lipinski definition) is 2. The molecule has 1 rings (SSSR count). The van der Waals surface area contributed by atoms with Crippen LogP contribution in [0.25, 0.3) is 0 Å². The summed E-state index contributed by atoms with van der Waals surface area (Å²) < 4.78 is 5.99. The number of carbonyl (C=O) groups is 1. The minimum Gasteiger partial charge on any atom is -0.458 e. The Labute approximate surface area is 180 Å². The van der Waals surface area contributed by atoms with Crippen LogP contribution in [0, 0.1) is 5.92 Å². The molecule has 1 saturated carbocycles. The van der Waals surface area contributed by atoms with Crippen molar-refractivity contribution in [2.45, 2.75) is 112 Å². The van der Waals surface area contributed by atoms with Crippen molar-refractivity contribution in [1.82, 2.24) is 0 Å². The number of allylic oxidation sites excluding steroid dienone is 6. The van der Waals surface area contributed by atoms with Crippen molar-refractivity contribution in [3.63, 3.8) is 0 Å². The van der Waals surface area contributed by atoms with Crippen LogP contribution in [0.4, 0.5) is 0 Å². The summed E-state index contributed by atoms with van der Waals surface area (Å²) in [5, 5.41) is 0. The first kappa shape index (κ1) is 25.5. The van der Waals surface area contributed by atoms with Crippen molar-refractivity contribution < 1.29 is 9.53 Å². The summed E-state index contributed by atoms with van der Waals surface area (Å²) in [6, 6.07) is 0. The van der Waals surface area contributed by atoms with Crippen LogP contribution in [0.3, 0.4) is 0 Å². The summed E-state index contributed by atoms with van der Waals surface area (Å²) in [5.74, 6) is 0.118. The zero-order valence-electron chi connectivity index (χ0n) is 19.9. The molecule has 1 unspecified atom stereocenters. The van der Waals surface area contributed by atoms with Crippen molar-refractivity contribution in [3.8, 4) is 0 Å². The number of esters is 1. The van der Waals surface area contributed by atoms with Crippen LogP contribution < -0.4 is 0 Å². The largest absolute Gasteiger partial charge is 0.458 e. The van der Waals surface area contributed by atoms with Gasteiger partial charge in [0.2, 0.25) is 0 Å². The van der Waals surface area contributed by atoms with Gasteiger partial charge in [0.1, 0.15) is 6.10 Å². The topological polar surface area (TPSA) is 26.3 Å². The molecular formula is C27H44O2. The van der Waals surface area contributed by atoms with Crippen molar-refractivity contribution in [2.75, 3.05) is 0 Å². The maximum absolute atomic E-state index is 12.7. The quantitative estimate of drug-likeness (QED) is 0.258. The summed E-state index contributed by atoms with van der Waals surface area (Å²) in [4.78, 5) is 12.7. The van der Waals surface area contributed by atoms with Gasteiger partial charge in [0.25, 0.3) is 0 Å². The van der Waals surface area contributed by atoms with Crippen LogP contribution >= 0.6 is 0 Å². The molecule has 2 nitrogen and oxygen atoms in total. The number of carbonyl (C=O) groups excluding carboxylic acids is 1. The lowest BCUT2D eigenvalue weighted by Gasteiger charge is -2.23. The summed E-state index contributed by atoms with van der Waals surface area (Å²) >= 11 is 0. The Kier molecular flexibility index (Phi) is 12.7. The normalized spacial score (nSPS) is 16.9. The molecule has 0 spiro atoms. The van der Waals surface area contributed by atoms with Crippen LogP contribution in [-0.4, -0.2) is 12.1 Å². The van der Waals surface area contributed by atoms with Gasteiger partial charge in [-0.05, 0) is 86.1 Å². The second-order valence-corrected chi connectivity index (χ2v) is 9.25. The van der Waals surface area contributed by atoms with Gasteiger partial charge in [-0.25, -0.2) is 0 Å². The molecule has 2 heteroatoms. The Morgan fingerprint density at radius 3 is 1.93 bits per heavy atom. The minimum atomic E-state index is -0.144. The van der Waals surface area contributed by atoms with Gasteiger partial charge in [0.15, 0.2) is 0 Å². The fraction of sp³-hybridized carbons (Fsp3) is 0.667. The second-order valence-electron chi connectivity index (χ2n) is 9.25. The molecule has 29 heavy (non-hydrogen) atoms. The van der Waals surface area contributed by atoms with E-state index in [9.17, 15) is 4.79 Å². The highest BCUT2D eigenvalue weighted by atomic mass is 16.5. The van der Waals surface area contributed by atoms with E-state index < -0.39 is 0 Å². The summed E-state index contributed by atoms with van der Waals surface area (Å²) in [7, 11) is 0. The number of ether oxygens (including phenoxy) is 1. The Morgan fingerprint density at radius 1 is 0.828 bits per heavy atom. The third-order valence-electron chi connectivity index (χ3n) is 5.56. The lowest BCUT2D eigenvalue weighted by Crippen LogP contribution is -2.25. The third kappa shape index (κ3) is 12.6. The SMILES string of the molecule is CC(C)=CCC/C(C)=C/CC(/C=C(\C)CCC=C(C)C)OC(=O)C1CCCCC1.